The average Bonchev–Trinajstić information content (AvgIpc) is 2.70. The van der Waals surface area contributed by atoms with Crippen molar-refractivity contribution in [3.63, 3.8) is 0 Å². The molecule has 0 aromatic carbocycles. The summed E-state index contributed by atoms with van der Waals surface area (Å²) in [6.45, 7) is 0. The van der Waals surface area contributed by atoms with Gasteiger partial charge in [0.1, 0.15) is 11.2 Å². The van der Waals surface area contributed by atoms with Gasteiger partial charge in [0.25, 0.3) is 0 Å². The van der Waals surface area contributed by atoms with Gasteiger partial charge < -0.3 is 9.79 Å². The number of hydrogen-bond acceptors (Lipinski definition) is 5. The quantitative estimate of drug-likeness (QED) is 0.180. The lowest BCUT2D eigenvalue weighted by Gasteiger charge is -2.50. The molecule has 0 aromatic rings. The fourth-order valence-corrected chi connectivity index (χ4v) is 7.74. The van der Waals surface area contributed by atoms with Crippen molar-refractivity contribution in [2.24, 2.45) is 0 Å². The van der Waals surface area contributed by atoms with Crippen molar-refractivity contribution in [3.05, 3.63) is 0 Å². The zero-order chi connectivity index (χ0) is 24.1. The molecule has 186 valence electrons. The number of phosphoric ester groups is 2. The average molecular weight is 648 g/mol. The topological polar surface area (TPSA) is 102 Å². The number of phosphoric acid groups is 2. The predicted octanol–water partition coefficient (Wildman–Crippen LogP) is 6.67. The smallest absolute Gasteiger partial charge is 0.302 e. The Morgan fingerprint density at radius 1 is 0.613 bits per heavy atom. The van der Waals surface area contributed by atoms with E-state index in [-0.39, 0.29) is 49.2 Å². The molecule has 1 heterocycles. The Kier molecular flexibility index (Phi) is 13.5. The Labute approximate surface area is 221 Å². The van der Waals surface area contributed by atoms with E-state index in [0.717, 1.165) is 0 Å². The first-order valence-corrected chi connectivity index (χ1v) is 15.7. The van der Waals surface area contributed by atoms with Crippen LogP contribution in [0.25, 0.3) is 0 Å². The van der Waals surface area contributed by atoms with Gasteiger partial charge in [0, 0.05) is 45.0 Å². The molecule has 1 aliphatic heterocycles. The van der Waals surface area contributed by atoms with Crippen molar-refractivity contribution >= 4 is 108 Å². The fraction of sp³-hybridized carbons (Fsp3) is 1.00. The first-order chi connectivity index (χ1) is 14.2. The summed E-state index contributed by atoms with van der Waals surface area (Å²) in [4.78, 5) is 20.5. The summed E-state index contributed by atoms with van der Waals surface area (Å²) in [5, 5.41) is -3.41. The monoisotopic (exact) mass is 644 g/mol. The molecule has 31 heavy (non-hydrogen) atoms. The molecule has 1 fully saturated rings. The van der Waals surface area contributed by atoms with Crippen LogP contribution in [0.1, 0.15) is 25.7 Å². The van der Waals surface area contributed by atoms with Gasteiger partial charge in [-0.15, -0.1) is 92.8 Å². The number of rotatable bonds is 12. The molecule has 7 nitrogen and oxygen atoms in total. The van der Waals surface area contributed by atoms with Crippen molar-refractivity contribution in [2.45, 2.75) is 58.4 Å². The van der Waals surface area contributed by atoms with E-state index in [4.69, 9.17) is 102 Å². The fourth-order valence-electron chi connectivity index (χ4n) is 3.48. The van der Waals surface area contributed by atoms with E-state index < -0.39 is 48.4 Å². The van der Waals surface area contributed by atoms with E-state index in [1.54, 1.807) is 0 Å². The molecular weight excluding hydrogens is 626 g/mol. The second kappa shape index (κ2) is 13.2. The molecule has 6 atom stereocenters. The molecular formula is C14H22Cl8O7P2. The van der Waals surface area contributed by atoms with Crippen molar-refractivity contribution in [3.8, 4) is 0 Å². The summed E-state index contributed by atoms with van der Waals surface area (Å²) in [6, 6.07) is 0. The summed E-state index contributed by atoms with van der Waals surface area (Å²) in [7, 11) is -10.4. The van der Waals surface area contributed by atoms with Crippen LogP contribution in [-0.4, -0.2) is 66.0 Å². The lowest BCUT2D eigenvalue weighted by atomic mass is 9.71. The maximum absolute atomic E-state index is 12.7. The minimum atomic E-state index is -5.18. The number of halogens is 8. The summed E-state index contributed by atoms with van der Waals surface area (Å²) in [6.07, 6.45) is -1.04. The summed E-state index contributed by atoms with van der Waals surface area (Å²) in [5.41, 5.74) is -3.87. The lowest BCUT2D eigenvalue weighted by molar-refractivity contribution is -0.136. The molecule has 17 heteroatoms. The lowest BCUT2D eigenvalue weighted by Crippen LogP contribution is -2.60. The maximum atomic E-state index is 12.7. The highest BCUT2D eigenvalue weighted by molar-refractivity contribution is 7.61. The van der Waals surface area contributed by atoms with Gasteiger partial charge in [-0.1, -0.05) is 0 Å². The molecule has 1 rings (SSSR count). The Balaban J connectivity index is 3.88. The number of alkyl halides is 8. The van der Waals surface area contributed by atoms with Gasteiger partial charge in [0.2, 0.25) is 0 Å². The Morgan fingerprint density at radius 3 is 1.03 bits per heavy atom. The second-order valence-corrected chi connectivity index (χ2v) is 13.6. The molecule has 2 N–H and O–H groups in total. The van der Waals surface area contributed by atoms with Crippen molar-refractivity contribution in [2.75, 3.05) is 23.5 Å². The summed E-state index contributed by atoms with van der Waals surface area (Å²) < 4.78 is 40.8. The summed E-state index contributed by atoms with van der Waals surface area (Å²) >= 11 is 48.7. The van der Waals surface area contributed by atoms with Gasteiger partial charge in [-0.05, 0) is 25.7 Å². The van der Waals surface area contributed by atoms with Gasteiger partial charge in [-0.2, -0.15) is 4.31 Å². The van der Waals surface area contributed by atoms with Crippen LogP contribution in [0.5, 0.6) is 0 Å². The minimum Gasteiger partial charge on any atom is -0.302 e. The van der Waals surface area contributed by atoms with Crippen molar-refractivity contribution in [1.82, 2.24) is 0 Å². The molecule has 0 aromatic heterocycles. The molecule has 0 bridgehead atoms. The van der Waals surface area contributed by atoms with Crippen LogP contribution in [0.15, 0.2) is 0 Å². The van der Waals surface area contributed by atoms with Crippen LogP contribution in [0.2, 0.25) is 0 Å². The first-order valence-electron chi connectivity index (χ1n) is 8.78. The third kappa shape index (κ3) is 9.19. The van der Waals surface area contributed by atoms with Crippen LogP contribution in [-0.2, 0) is 22.5 Å². The third-order valence-electron chi connectivity index (χ3n) is 4.49. The van der Waals surface area contributed by atoms with Gasteiger partial charge >= 0.3 is 15.6 Å². The summed E-state index contributed by atoms with van der Waals surface area (Å²) in [5.74, 6) is -0.430. The van der Waals surface area contributed by atoms with Crippen LogP contribution in [0, 0.1) is 0 Å². The van der Waals surface area contributed by atoms with Gasteiger partial charge in [0.15, 0.2) is 0 Å². The molecule has 1 aliphatic rings. The second-order valence-electron chi connectivity index (χ2n) is 7.01. The molecule has 0 radical (unpaired) electrons. The van der Waals surface area contributed by atoms with Crippen molar-refractivity contribution in [1.29, 1.82) is 0 Å². The molecule has 1 saturated heterocycles. The highest BCUT2D eigenvalue weighted by Crippen LogP contribution is 2.71. The van der Waals surface area contributed by atoms with Gasteiger partial charge in [-0.25, -0.2) is 9.13 Å². The molecule has 0 spiro atoms. The Morgan fingerprint density at radius 2 is 0.839 bits per heavy atom. The van der Waals surface area contributed by atoms with Crippen LogP contribution >= 0.6 is 108 Å². The van der Waals surface area contributed by atoms with E-state index in [1.807, 2.05) is 0 Å². The molecule has 0 amide bonds. The Bertz CT molecular complexity index is 597. The first kappa shape index (κ1) is 31.6. The van der Waals surface area contributed by atoms with Crippen molar-refractivity contribution < 1.29 is 32.3 Å². The standard InChI is InChI=1S/C14H22Cl8O7P2/c15-5-9(19)1-13(2-10(20)6-16)14(3-11(21)7-17,4-12(22)8-18)28-31(25,26)29-30(23,24)27-13/h9-12H,1-8H2,(H,23,24)(H,25,26). The minimum absolute atomic E-state index is 0.108. The molecule has 0 aliphatic carbocycles. The number of hydrogen-bond donors (Lipinski definition) is 2. The highest BCUT2D eigenvalue weighted by Gasteiger charge is 2.64. The van der Waals surface area contributed by atoms with Crippen LogP contribution in [0.3, 0.4) is 0 Å². The highest BCUT2D eigenvalue weighted by atomic mass is 35.5. The zero-order valence-electron chi connectivity index (χ0n) is 15.8. The SMILES string of the molecule is O=P1(O)OC(CC(Cl)CCl)(CC(Cl)CCl)C(CC(Cl)CCl)(CC(Cl)CCl)OP(=O)(O)O1. The normalized spacial score (nSPS) is 38.3. The molecule has 0 saturated carbocycles. The molecule has 6 unspecified atom stereocenters. The van der Waals surface area contributed by atoms with Crippen LogP contribution < -0.4 is 0 Å². The zero-order valence-corrected chi connectivity index (χ0v) is 23.7. The van der Waals surface area contributed by atoms with Crippen LogP contribution in [0.4, 0.5) is 0 Å². The van der Waals surface area contributed by atoms with E-state index in [9.17, 15) is 18.9 Å². The van der Waals surface area contributed by atoms with E-state index in [2.05, 4.69) is 4.31 Å². The Hall–Kier alpha value is 2.58. The van der Waals surface area contributed by atoms with E-state index in [1.165, 1.54) is 0 Å². The van der Waals surface area contributed by atoms with E-state index >= 15 is 0 Å². The van der Waals surface area contributed by atoms with Gasteiger partial charge in [-0.3, -0.25) is 9.05 Å². The largest absolute Gasteiger partial charge is 0.481 e. The predicted molar refractivity (Wildman–Crippen MR) is 128 cm³/mol. The van der Waals surface area contributed by atoms with Gasteiger partial charge in [0.05, 0.1) is 0 Å². The maximum Gasteiger partial charge on any atom is 0.481 e. The van der Waals surface area contributed by atoms with E-state index in [0.29, 0.717) is 0 Å². The third-order valence-corrected chi connectivity index (χ3v) is 10.7.